The Hall–Kier alpha value is -1.49. The third-order valence-corrected chi connectivity index (χ3v) is 3.12. The van der Waals surface area contributed by atoms with Crippen LogP contribution >= 0.6 is 11.3 Å². The summed E-state index contributed by atoms with van der Waals surface area (Å²) in [4.78, 5) is 13.4. The lowest BCUT2D eigenvalue weighted by Gasteiger charge is -2.06. The molecule has 0 amide bonds. The van der Waals surface area contributed by atoms with Crippen molar-refractivity contribution in [2.75, 3.05) is 11.9 Å². The molecule has 90 valence electrons. The highest BCUT2D eigenvalue weighted by atomic mass is 32.1. The molecule has 0 saturated heterocycles. The largest absolute Gasteiger partial charge is 0.370 e. The lowest BCUT2D eigenvalue weighted by Crippen LogP contribution is -2.03. The van der Waals surface area contributed by atoms with E-state index in [0.29, 0.717) is 5.82 Å². The Morgan fingerprint density at radius 2 is 2.06 bits per heavy atom. The number of aromatic nitrogens is 3. The summed E-state index contributed by atoms with van der Waals surface area (Å²) in [7, 11) is 0. The molecule has 0 aliphatic carbocycles. The van der Waals surface area contributed by atoms with Gasteiger partial charge in [0.05, 0.1) is 5.01 Å². The fraction of sp³-hybridized carbons (Fsp3) is 0.417. The van der Waals surface area contributed by atoms with Gasteiger partial charge in [-0.05, 0) is 20.3 Å². The number of hydrogen-bond acceptors (Lipinski definition) is 5. The molecular weight excluding hydrogens is 232 g/mol. The molecule has 0 spiro atoms. The van der Waals surface area contributed by atoms with Crippen molar-refractivity contribution in [3.8, 4) is 11.5 Å². The van der Waals surface area contributed by atoms with E-state index in [4.69, 9.17) is 0 Å². The van der Waals surface area contributed by atoms with Gasteiger partial charge in [0, 0.05) is 23.7 Å². The van der Waals surface area contributed by atoms with Gasteiger partial charge in [-0.3, -0.25) is 0 Å². The summed E-state index contributed by atoms with van der Waals surface area (Å²) < 4.78 is 0. The molecule has 0 saturated carbocycles. The summed E-state index contributed by atoms with van der Waals surface area (Å²) in [6.07, 6.45) is 0.900. The lowest BCUT2D eigenvalue weighted by atomic mass is 10.3. The molecule has 0 aliphatic rings. The van der Waals surface area contributed by atoms with Gasteiger partial charge in [0.15, 0.2) is 5.82 Å². The zero-order valence-corrected chi connectivity index (χ0v) is 11.1. The van der Waals surface area contributed by atoms with E-state index in [2.05, 4.69) is 34.1 Å². The van der Waals surface area contributed by atoms with Crippen LogP contribution in [0.4, 0.5) is 5.82 Å². The molecule has 0 radical (unpaired) electrons. The third-order valence-electron chi connectivity index (χ3n) is 2.35. The molecule has 2 aromatic heterocycles. The Morgan fingerprint density at radius 1 is 1.24 bits per heavy atom. The lowest BCUT2D eigenvalue weighted by molar-refractivity contribution is 0.992. The molecule has 4 nitrogen and oxygen atoms in total. The van der Waals surface area contributed by atoms with E-state index in [-0.39, 0.29) is 0 Å². The van der Waals surface area contributed by atoms with Crippen LogP contribution in [0.1, 0.15) is 24.5 Å². The van der Waals surface area contributed by atoms with E-state index in [9.17, 15) is 0 Å². The first-order valence-electron chi connectivity index (χ1n) is 5.77. The van der Waals surface area contributed by atoms with Crippen LogP contribution in [0, 0.1) is 6.92 Å². The van der Waals surface area contributed by atoms with Gasteiger partial charge in [-0.25, -0.2) is 15.0 Å². The maximum atomic E-state index is 4.51. The average molecular weight is 248 g/mol. The zero-order chi connectivity index (χ0) is 12.3. The molecule has 0 unspecified atom stereocenters. The minimum absolute atomic E-state index is 0.713. The normalized spacial score (nSPS) is 10.5. The molecule has 0 atom stereocenters. The molecule has 0 fully saturated rings. The predicted octanol–water partition coefficient (Wildman–Crippen LogP) is 2.90. The second-order valence-electron chi connectivity index (χ2n) is 3.70. The van der Waals surface area contributed by atoms with Gasteiger partial charge in [0.2, 0.25) is 0 Å². The molecule has 1 N–H and O–H groups in total. The Kier molecular flexibility index (Phi) is 3.68. The van der Waals surface area contributed by atoms with Crippen LogP contribution in [0.3, 0.4) is 0 Å². The monoisotopic (exact) mass is 248 g/mol. The molecule has 2 heterocycles. The molecule has 5 heteroatoms. The summed E-state index contributed by atoms with van der Waals surface area (Å²) in [5.41, 5.74) is 1.90. The second-order valence-corrected chi connectivity index (χ2v) is 4.77. The van der Waals surface area contributed by atoms with Gasteiger partial charge < -0.3 is 5.32 Å². The standard InChI is InChI=1S/C12H16N4S/c1-4-9-6-11(13-5-2)16-12(15-9)10-7-17-8(3)14-10/h6-7H,4-5H2,1-3H3,(H,13,15,16). The zero-order valence-electron chi connectivity index (χ0n) is 10.3. The van der Waals surface area contributed by atoms with Gasteiger partial charge in [0.1, 0.15) is 11.5 Å². The molecular formula is C12H16N4S. The summed E-state index contributed by atoms with van der Waals surface area (Å²) >= 11 is 1.62. The van der Waals surface area contributed by atoms with Gasteiger partial charge in [-0.15, -0.1) is 11.3 Å². The van der Waals surface area contributed by atoms with Crippen molar-refractivity contribution >= 4 is 17.2 Å². The van der Waals surface area contributed by atoms with E-state index in [1.54, 1.807) is 11.3 Å². The maximum absolute atomic E-state index is 4.51. The first-order valence-corrected chi connectivity index (χ1v) is 6.65. The van der Waals surface area contributed by atoms with Crippen molar-refractivity contribution in [3.63, 3.8) is 0 Å². The average Bonchev–Trinajstić information content (AvgIpc) is 2.76. The summed E-state index contributed by atoms with van der Waals surface area (Å²) in [6, 6.07) is 1.99. The summed E-state index contributed by atoms with van der Waals surface area (Å²) in [5.74, 6) is 1.59. The highest BCUT2D eigenvalue weighted by molar-refractivity contribution is 7.09. The van der Waals surface area contributed by atoms with Crippen LogP contribution in [-0.4, -0.2) is 21.5 Å². The number of anilines is 1. The van der Waals surface area contributed by atoms with E-state index < -0.39 is 0 Å². The van der Waals surface area contributed by atoms with E-state index >= 15 is 0 Å². The number of aryl methyl sites for hydroxylation is 2. The maximum Gasteiger partial charge on any atom is 0.181 e. The minimum Gasteiger partial charge on any atom is -0.370 e. The van der Waals surface area contributed by atoms with Crippen LogP contribution in [-0.2, 0) is 6.42 Å². The highest BCUT2D eigenvalue weighted by Crippen LogP contribution is 2.20. The number of rotatable bonds is 4. The Labute approximate surface area is 105 Å². The van der Waals surface area contributed by atoms with Crippen LogP contribution in [0.25, 0.3) is 11.5 Å². The van der Waals surface area contributed by atoms with E-state index in [0.717, 1.165) is 35.2 Å². The first-order chi connectivity index (χ1) is 8.22. The smallest absolute Gasteiger partial charge is 0.181 e. The number of nitrogens with one attached hydrogen (secondary N) is 1. The molecule has 17 heavy (non-hydrogen) atoms. The topological polar surface area (TPSA) is 50.7 Å². The van der Waals surface area contributed by atoms with Gasteiger partial charge in [-0.1, -0.05) is 6.92 Å². The summed E-state index contributed by atoms with van der Waals surface area (Å²) in [5, 5.41) is 6.26. The summed E-state index contributed by atoms with van der Waals surface area (Å²) in [6.45, 7) is 6.99. The van der Waals surface area contributed by atoms with Crippen molar-refractivity contribution in [1.29, 1.82) is 0 Å². The fourth-order valence-corrected chi connectivity index (χ4v) is 2.12. The van der Waals surface area contributed by atoms with Crippen LogP contribution < -0.4 is 5.32 Å². The van der Waals surface area contributed by atoms with E-state index in [1.807, 2.05) is 18.4 Å². The SMILES string of the molecule is CCNc1cc(CC)nc(-c2csc(C)n2)n1. The molecule has 2 rings (SSSR count). The van der Waals surface area contributed by atoms with Crippen molar-refractivity contribution in [2.24, 2.45) is 0 Å². The number of nitrogens with zero attached hydrogens (tertiary/aromatic N) is 3. The second kappa shape index (κ2) is 5.23. The Balaban J connectivity index is 2.42. The van der Waals surface area contributed by atoms with Gasteiger partial charge in [0.25, 0.3) is 0 Å². The third kappa shape index (κ3) is 2.79. The first kappa shape index (κ1) is 12.0. The minimum atomic E-state index is 0.713. The number of thiazole rings is 1. The quantitative estimate of drug-likeness (QED) is 0.904. The molecule has 0 aliphatic heterocycles. The number of hydrogen-bond donors (Lipinski definition) is 1. The predicted molar refractivity (Wildman–Crippen MR) is 71.4 cm³/mol. The molecule has 0 aromatic carbocycles. The van der Waals surface area contributed by atoms with Gasteiger partial charge >= 0.3 is 0 Å². The highest BCUT2D eigenvalue weighted by Gasteiger charge is 2.08. The van der Waals surface area contributed by atoms with Crippen molar-refractivity contribution in [3.05, 3.63) is 22.1 Å². The Morgan fingerprint density at radius 3 is 2.65 bits per heavy atom. The van der Waals surface area contributed by atoms with Crippen molar-refractivity contribution in [1.82, 2.24) is 15.0 Å². The van der Waals surface area contributed by atoms with Crippen molar-refractivity contribution < 1.29 is 0 Å². The van der Waals surface area contributed by atoms with Crippen LogP contribution in [0.15, 0.2) is 11.4 Å². The molecule has 0 bridgehead atoms. The van der Waals surface area contributed by atoms with Crippen molar-refractivity contribution in [2.45, 2.75) is 27.2 Å². The molecule has 2 aromatic rings. The van der Waals surface area contributed by atoms with Crippen LogP contribution in [0.2, 0.25) is 0 Å². The van der Waals surface area contributed by atoms with E-state index in [1.165, 1.54) is 0 Å². The fourth-order valence-electron chi connectivity index (χ4n) is 1.53. The Bertz CT molecular complexity index is 507. The van der Waals surface area contributed by atoms with Crippen LogP contribution in [0.5, 0.6) is 0 Å². The van der Waals surface area contributed by atoms with Gasteiger partial charge in [-0.2, -0.15) is 0 Å².